The summed E-state index contributed by atoms with van der Waals surface area (Å²) >= 11 is 0. The van der Waals surface area contributed by atoms with E-state index in [-0.39, 0.29) is 17.5 Å². The van der Waals surface area contributed by atoms with Crippen molar-refractivity contribution in [1.82, 2.24) is 14.8 Å². The van der Waals surface area contributed by atoms with Gasteiger partial charge in [0.1, 0.15) is 11.9 Å². The number of anilines is 1. The topological polar surface area (TPSA) is 102 Å². The van der Waals surface area contributed by atoms with E-state index < -0.39 is 11.7 Å². The molecule has 1 aromatic carbocycles. The molecule has 0 radical (unpaired) electrons. The molecule has 1 saturated heterocycles. The van der Waals surface area contributed by atoms with Gasteiger partial charge in [-0.15, -0.1) is 0 Å². The fraction of sp³-hybridized carbons (Fsp3) is 0.273. The molecule has 1 amide bonds. The molecule has 158 valence electrons. The average molecular weight is 421 g/mol. The van der Waals surface area contributed by atoms with E-state index in [2.05, 4.69) is 15.4 Å². The first-order valence-electron chi connectivity index (χ1n) is 9.66. The highest BCUT2D eigenvalue weighted by molar-refractivity contribution is 6.03. The molecular formula is C22H20FN5O3. The highest BCUT2D eigenvalue weighted by Gasteiger charge is 2.25. The standard InChI is InChI=1S/C22H20FN5O3/c1-12-8-20(30-3)25-13(2)22(12)26-19(29)5-4-14-9-18-15(10-16(14)23)17(11-24)27-28(18)21-6-7-31-21/h4-5,8-10,21H,6-7H2,1-3H3,(H,26,29)/b5-4+. The van der Waals surface area contributed by atoms with Crippen LogP contribution in [0.25, 0.3) is 17.0 Å². The number of nitriles is 1. The van der Waals surface area contributed by atoms with Crippen molar-refractivity contribution >= 4 is 28.6 Å². The lowest BCUT2D eigenvalue weighted by Crippen LogP contribution is -2.25. The van der Waals surface area contributed by atoms with Gasteiger partial charge >= 0.3 is 0 Å². The molecule has 1 unspecified atom stereocenters. The van der Waals surface area contributed by atoms with Crippen LogP contribution in [-0.4, -0.2) is 34.4 Å². The number of rotatable bonds is 5. The van der Waals surface area contributed by atoms with Gasteiger partial charge in [-0.1, -0.05) is 0 Å². The number of hydrogen-bond acceptors (Lipinski definition) is 6. The second-order valence-corrected chi connectivity index (χ2v) is 7.17. The fourth-order valence-corrected chi connectivity index (χ4v) is 3.44. The third-order valence-corrected chi connectivity index (χ3v) is 5.12. The maximum Gasteiger partial charge on any atom is 0.248 e. The summed E-state index contributed by atoms with van der Waals surface area (Å²) in [5.41, 5.74) is 2.90. The number of halogens is 1. The summed E-state index contributed by atoms with van der Waals surface area (Å²) in [6, 6.07) is 6.53. The van der Waals surface area contributed by atoms with Crippen molar-refractivity contribution in [3.63, 3.8) is 0 Å². The second-order valence-electron chi connectivity index (χ2n) is 7.17. The zero-order valence-electron chi connectivity index (χ0n) is 17.3. The lowest BCUT2D eigenvalue weighted by Gasteiger charge is -2.27. The number of nitrogens with zero attached hydrogens (tertiary/aromatic N) is 4. The molecule has 31 heavy (non-hydrogen) atoms. The minimum Gasteiger partial charge on any atom is -0.481 e. The Balaban J connectivity index is 1.61. The Morgan fingerprint density at radius 2 is 2.19 bits per heavy atom. The van der Waals surface area contributed by atoms with E-state index in [0.717, 1.165) is 12.0 Å². The van der Waals surface area contributed by atoms with Gasteiger partial charge in [0.15, 0.2) is 11.9 Å². The van der Waals surface area contributed by atoms with Crippen molar-refractivity contribution in [1.29, 1.82) is 5.26 Å². The van der Waals surface area contributed by atoms with Crippen molar-refractivity contribution in [3.8, 4) is 11.9 Å². The summed E-state index contributed by atoms with van der Waals surface area (Å²) in [5.74, 6) is -0.519. The van der Waals surface area contributed by atoms with Gasteiger partial charge < -0.3 is 14.8 Å². The van der Waals surface area contributed by atoms with Crippen LogP contribution < -0.4 is 10.1 Å². The van der Waals surface area contributed by atoms with Crippen LogP contribution in [0.1, 0.15) is 35.2 Å². The first-order chi connectivity index (χ1) is 14.9. The number of nitrogens with one attached hydrogen (secondary N) is 1. The van der Waals surface area contributed by atoms with Crippen LogP contribution >= 0.6 is 0 Å². The third-order valence-electron chi connectivity index (χ3n) is 5.12. The van der Waals surface area contributed by atoms with Crippen LogP contribution in [0.3, 0.4) is 0 Å². The summed E-state index contributed by atoms with van der Waals surface area (Å²) in [6.07, 6.45) is 3.13. The van der Waals surface area contributed by atoms with E-state index >= 15 is 0 Å². The van der Waals surface area contributed by atoms with Gasteiger partial charge in [0.2, 0.25) is 11.8 Å². The fourth-order valence-electron chi connectivity index (χ4n) is 3.44. The Hall–Kier alpha value is -3.77. The van der Waals surface area contributed by atoms with Crippen LogP contribution in [0.15, 0.2) is 24.3 Å². The van der Waals surface area contributed by atoms with E-state index in [1.807, 2.05) is 13.0 Å². The summed E-state index contributed by atoms with van der Waals surface area (Å²) < 4.78 is 26.8. The van der Waals surface area contributed by atoms with Gasteiger partial charge in [0.25, 0.3) is 0 Å². The Bertz CT molecular complexity index is 1230. The summed E-state index contributed by atoms with van der Waals surface area (Å²) in [6.45, 7) is 4.21. The van der Waals surface area contributed by atoms with E-state index in [1.54, 1.807) is 23.7 Å². The number of benzene rings is 1. The zero-order valence-corrected chi connectivity index (χ0v) is 17.3. The van der Waals surface area contributed by atoms with Gasteiger partial charge in [-0.05, 0) is 37.6 Å². The average Bonchev–Trinajstić information content (AvgIpc) is 3.04. The minimum absolute atomic E-state index is 0.135. The van der Waals surface area contributed by atoms with Crippen LogP contribution in [0, 0.1) is 31.0 Å². The van der Waals surface area contributed by atoms with E-state index in [9.17, 15) is 14.4 Å². The SMILES string of the molecule is COc1cc(C)c(NC(=O)/C=C/c2cc3c(cc2F)c(C#N)nn3C2CCO2)c(C)n1. The first kappa shape index (κ1) is 20.5. The number of fused-ring (bicyclic) bond motifs is 1. The number of ether oxygens (including phenoxy) is 2. The van der Waals surface area contributed by atoms with Crippen molar-refractivity contribution < 1.29 is 18.7 Å². The molecule has 0 saturated carbocycles. The van der Waals surface area contributed by atoms with Crippen LogP contribution in [0.5, 0.6) is 5.88 Å². The maximum atomic E-state index is 14.6. The molecule has 0 aliphatic carbocycles. The van der Waals surface area contributed by atoms with Gasteiger partial charge in [-0.3, -0.25) is 4.79 Å². The molecule has 0 spiro atoms. The number of methoxy groups -OCH3 is 1. The number of amides is 1. The lowest BCUT2D eigenvalue weighted by atomic mass is 10.1. The number of hydrogen-bond donors (Lipinski definition) is 1. The molecule has 1 aliphatic heterocycles. The summed E-state index contributed by atoms with van der Waals surface area (Å²) in [5, 5.41) is 16.7. The molecule has 1 aliphatic rings. The lowest BCUT2D eigenvalue weighted by molar-refractivity contribution is -0.111. The van der Waals surface area contributed by atoms with Gasteiger partial charge in [-0.25, -0.2) is 14.1 Å². The van der Waals surface area contributed by atoms with E-state index in [1.165, 1.54) is 25.3 Å². The summed E-state index contributed by atoms with van der Waals surface area (Å²) in [7, 11) is 1.52. The van der Waals surface area contributed by atoms with E-state index in [4.69, 9.17) is 9.47 Å². The molecule has 1 N–H and O–H groups in total. The quantitative estimate of drug-likeness (QED) is 0.631. The molecule has 1 fully saturated rings. The normalized spacial score (nSPS) is 15.6. The van der Waals surface area contributed by atoms with Crippen LogP contribution in [-0.2, 0) is 9.53 Å². The molecule has 1 atom stereocenters. The molecule has 2 aromatic heterocycles. The zero-order chi connectivity index (χ0) is 22.1. The Morgan fingerprint density at radius 1 is 1.42 bits per heavy atom. The predicted octanol–water partition coefficient (Wildman–Crippen LogP) is 3.64. The number of carbonyl (C=O) groups is 1. The maximum absolute atomic E-state index is 14.6. The highest BCUT2D eigenvalue weighted by atomic mass is 19.1. The molecule has 9 heteroatoms. The van der Waals surface area contributed by atoms with Crippen molar-refractivity contribution in [2.24, 2.45) is 0 Å². The van der Waals surface area contributed by atoms with E-state index in [0.29, 0.717) is 34.8 Å². The molecule has 4 rings (SSSR count). The third kappa shape index (κ3) is 3.85. The summed E-state index contributed by atoms with van der Waals surface area (Å²) in [4.78, 5) is 16.7. The Morgan fingerprint density at radius 3 is 2.81 bits per heavy atom. The first-order valence-corrected chi connectivity index (χ1v) is 9.66. The number of aryl methyl sites for hydroxylation is 2. The van der Waals surface area contributed by atoms with Crippen molar-refractivity contribution in [2.45, 2.75) is 26.5 Å². The van der Waals surface area contributed by atoms with Crippen LogP contribution in [0.4, 0.5) is 10.1 Å². The predicted molar refractivity (Wildman–Crippen MR) is 112 cm³/mol. The van der Waals surface area contributed by atoms with Gasteiger partial charge in [-0.2, -0.15) is 10.4 Å². The van der Waals surface area contributed by atoms with Crippen molar-refractivity contribution in [2.75, 3.05) is 19.0 Å². The van der Waals surface area contributed by atoms with Gasteiger partial charge in [0.05, 0.1) is 30.6 Å². The van der Waals surface area contributed by atoms with Crippen LogP contribution in [0.2, 0.25) is 0 Å². The van der Waals surface area contributed by atoms with Crippen molar-refractivity contribution in [3.05, 3.63) is 52.6 Å². The Labute approximate surface area is 177 Å². The smallest absolute Gasteiger partial charge is 0.248 e. The number of pyridine rings is 1. The number of carbonyl (C=O) groups excluding carboxylic acids is 1. The highest BCUT2D eigenvalue weighted by Crippen LogP contribution is 2.30. The van der Waals surface area contributed by atoms with Gasteiger partial charge in [0, 0.05) is 29.5 Å². The largest absolute Gasteiger partial charge is 0.481 e. The Kier molecular flexibility index (Phi) is 5.40. The molecule has 3 aromatic rings. The minimum atomic E-state index is -0.555. The second kappa shape index (κ2) is 8.16. The monoisotopic (exact) mass is 421 g/mol. The molecular weight excluding hydrogens is 401 g/mol. The number of aromatic nitrogens is 3. The molecule has 0 bridgehead atoms. The molecule has 8 nitrogen and oxygen atoms in total. The molecule has 3 heterocycles.